The minimum atomic E-state index is -0.964. The number of ether oxygens (including phenoxy) is 1. The molecule has 0 heterocycles. The summed E-state index contributed by atoms with van der Waals surface area (Å²) in [5.74, 6) is 0.428. The molecule has 1 amide bonds. The van der Waals surface area contributed by atoms with Crippen LogP contribution in [-0.2, 0) is 15.3 Å². The minimum absolute atomic E-state index is 0.0418. The van der Waals surface area contributed by atoms with Crippen molar-refractivity contribution in [3.63, 3.8) is 0 Å². The lowest BCUT2D eigenvalue weighted by atomic mass is 9.92. The van der Waals surface area contributed by atoms with Gasteiger partial charge in [0.25, 0.3) is 0 Å². The van der Waals surface area contributed by atoms with Gasteiger partial charge in [0.15, 0.2) is 5.12 Å². The predicted molar refractivity (Wildman–Crippen MR) is 183 cm³/mol. The van der Waals surface area contributed by atoms with Gasteiger partial charge >= 0.3 is 6.09 Å². The Bertz CT molecular complexity index is 1380. The third kappa shape index (κ3) is 9.80. The van der Waals surface area contributed by atoms with Crippen LogP contribution in [0.2, 0.25) is 0 Å². The van der Waals surface area contributed by atoms with Crippen molar-refractivity contribution in [2.75, 3.05) is 6.61 Å². The Labute approximate surface area is 272 Å². The zero-order chi connectivity index (χ0) is 32.3. The van der Waals surface area contributed by atoms with E-state index in [-0.39, 0.29) is 35.9 Å². The average molecular weight is 630 g/mol. The van der Waals surface area contributed by atoms with E-state index >= 15 is 0 Å². The summed E-state index contributed by atoms with van der Waals surface area (Å²) in [5.41, 5.74) is 5.67. The third-order valence-corrected chi connectivity index (χ3v) is 9.28. The van der Waals surface area contributed by atoms with Crippen LogP contribution in [0.3, 0.4) is 0 Å². The van der Waals surface area contributed by atoms with Crippen LogP contribution in [0.4, 0.5) is 4.79 Å². The molecule has 240 valence electrons. The Morgan fingerprint density at radius 2 is 1.42 bits per heavy atom. The highest BCUT2D eigenvalue weighted by Gasteiger charge is 2.30. The molecule has 0 unspecified atom stereocenters. The lowest BCUT2D eigenvalue weighted by Gasteiger charge is -2.25. The number of hydrogen-bond acceptors (Lipinski definition) is 6. The number of benzene rings is 3. The van der Waals surface area contributed by atoms with Gasteiger partial charge < -0.3 is 20.3 Å². The largest absolute Gasteiger partial charge is 0.449 e. The highest BCUT2D eigenvalue weighted by molar-refractivity contribution is 8.13. The molecule has 1 aliphatic carbocycles. The van der Waals surface area contributed by atoms with Crippen LogP contribution >= 0.6 is 11.8 Å². The highest BCUT2D eigenvalue weighted by atomic mass is 32.2. The molecule has 0 radical (unpaired) electrons. The molecule has 0 aliphatic heterocycles. The fourth-order valence-corrected chi connectivity index (χ4v) is 6.94. The number of aliphatic hydroxyl groups is 2. The lowest BCUT2D eigenvalue weighted by Crippen LogP contribution is -2.44. The van der Waals surface area contributed by atoms with E-state index in [1.165, 1.54) is 11.8 Å². The van der Waals surface area contributed by atoms with Crippen molar-refractivity contribution >= 4 is 23.0 Å². The van der Waals surface area contributed by atoms with Gasteiger partial charge in [0.1, 0.15) is 6.61 Å². The van der Waals surface area contributed by atoms with Gasteiger partial charge in [0, 0.05) is 11.7 Å². The lowest BCUT2D eigenvalue weighted by molar-refractivity contribution is -0.117. The van der Waals surface area contributed by atoms with E-state index in [2.05, 4.69) is 29.6 Å². The van der Waals surface area contributed by atoms with Gasteiger partial charge in [-0.05, 0) is 58.9 Å². The highest BCUT2D eigenvalue weighted by Crippen LogP contribution is 2.44. The van der Waals surface area contributed by atoms with Gasteiger partial charge in [-0.1, -0.05) is 130 Å². The van der Waals surface area contributed by atoms with E-state index in [0.717, 1.165) is 27.8 Å². The van der Waals surface area contributed by atoms with Crippen LogP contribution in [0.5, 0.6) is 0 Å². The molecular formula is C38H47NO5S. The molecule has 1 aliphatic rings. The van der Waals surface area contributed by atoms with Crippen LogP contribution < -0.4 is 5.32 Å². The van der Waals surface area contributed by atoms with Gasteiger partial charge in [-0.3, -0.25) is 4.79 Å². The molecule has 0 saturated carbocycles. The summed E-state index contributed by atoms with van der Waals surface area (Å²) in [7, 11) is 0. The van der Waals surface area contributed by atoms with Gasteiger partial charge in [-0.25, -0.2) is 4.79 Å². The SMILES string of the molecule is CC(C)C[C@H](NC(=O)OCC1c2ccccc2-c2ccccc21)[C@H](O)C/C=C\[C@@H](O)[C@@H](CC(C)C)C(=O)SCc1ccccc1. The standard InChI is InChI=1S/C38H47NO5S/c1-25(2)21-32(37(42)45-24-27-13-6-5-7-14-27)35(40)19-12-20-36(41)34(22-26(3)4)39-38(43)44-23-33-30-17-10-8-15-28(30)29-16-9-11-18-31(29)33/h5-19,25-26,32-36,40-41H,20-24H2,1-4H3,(H,39,43)/b19-12-/t32-,34+,35-,36-/m1/s1. The third-order valence-electron chi connectivity index (χ3n) is 8.21. The van der Waals surface area contributed by atoms with Crippen molar-refractivity contribution in [2.24, 2.45) is 17.8 Å². The van der Waals surface area contributed by atoms with Gasteiger partial charge in [0.05, 0.1) is 24.2 Å². The van der Waals surface area contributed by atoms with Crippen molar-refractivity contribution in [2.45, 2.75) is 76.9 Å². The van der Waals surface area contributed by atoms with Gasteiger partial charge in [0.2, 0.25) is 0 Å². The average Bonchev–Trinajstić information content (AvgIpc) is 3.34. The van der Waals surface area contributed by atoms with Crippen molar-refractivity contribution < 1.29 is 24.5 Å². The number of nitrogens with one attached hydrogen (secondary N) is 1. The van der Waals surface area contributed by atoms with E-state index in [4.69, 9.17) is 4.74 Å². The quantitative estimate of drug-likeness (QED) is 0.149. The van der Waals surface area contributed by atoms with Crippen LogP contribution in [0.25, 0.3) is 11.1 Å². The molecule has 0 fully saturated rings. The first-order valence-electron chi connectivity index (χ1n) is 16.0. The topological polar surface area (TPSA) is 95.9 Å². The Kier molecular flexibility index (Phi) is 12.9. The van der Waals surface area contributed by atoms with Crippen LogP contribution in [0, 0.1) is 17.8 Å². The summed E-state index contributed by atoms with van der Waals surface area (Å²) in [6, 6.07) is 25.7. The zero-order valence-corrected chi connectivity index (χ0v) is 27.6. The van der Waals surface area contributed by atoms with E-state index in [1.807, 2.05) is 82.3 Å². The van der Waals surface area contributed by atoms with Crippen LogP contribution in [0.15, 0.2) is 91.0 Å². The van der Waals surface area contributed by atoms with E-state index in [0.29, 0.717) is 18.6 Å². The monoisotopic (exact) mass is 629 g/mol. The van der Waals surface area contributed by atoms with Crippen molar-refractivity contribution in [1.29, 1.82) is 0 Å². The van der Waals surface area contributed by atoms with Crippen LogP contribution in [0.1, 0.15) is 69.6 Å². The maximum atomic E-state index is 13.1. The number of rotatable bonds is 15. The Hall–Kier alpha value is -3.39. The minimum Gasteiger partial charge on any atom is -0.449 e. The summed E-state index contributed by atoms with van der Waals surface area (Å²) in [4.78, 5) is 26.1. The molecule has 4 rings (SSSR count). The van der Waals surface area contributed by atoms with Gasteiger partial charge in [-0.2, -0.15) is 0 Å². The smallest absolute Gasteiger partial charge is 0.407 e. The Morgan fingerprint density at radius 3 is 2.02 bits per heavy atom. The molecule has 0 spiro atoms. The molecule has 0 aromatic heterocycles. The number of alkyl carbamates (subject to hydrolysis) is 1. The zero-order valence-electron chi connectivity index (χ0n) is 26.8. The molecule has 45 heavy (non-hydrogen) atoms. The molecule has 0 saturated heterocycles. The fraction of sp³-hybridized carbons (Fsp3) is 0.421. The molecule has 0 bridgehead atoms. The number of amides is 1. The number of aliphatic hydroxyl groups excluding tert-OH is 2. The maximum absolute atomic E-state index is 13.1. The van der Waals surface area contributed by atoms with Crippen LogP contribution in [-0.4, -0.2) is 46.3 Å². The van der Waals surface area contributed by atoms with Gasteiger partial charge in [-0.15, -0.1) is 0 Å². The Balaban J connectivity index is 1.33. The normalized spacial score (nSPS) is 15.5. The number of carbonyl (C=O) groups is 2. The molecular weight excluding hydrogens is 582 g/mol. The summed E-state index contributed by atoms with van der Waals surface area (Å²) in [6.45, 7) is 8.34. The second-order valence-electron chi connectivity index (χ2n) is 12.8. The number of thioether (sulfide) groups is 1. The predicted octanol–water partition coefficient (Wildman–Crippen LogP) is 7.73. The van der Waals surface area contributed by atoms with Crippen molar-refractivity contribution in [3.05, 3.63) is 108 Å². The first-order chi connectivity index (χ1) is 21.6. The van der Waals surface area contributed by atoms with E-state index < -0.39 is 30.3 Å². The molecule has 7 heteroatoms. The number of carbonyl (C=O) groups excluding carboxylic acids is 2. The van der Waals surface area contributed by atoms with E-state index in [9.17, 15) is 19.8 Å². The van der Waals surface area contributed by atoms with Crippen molar-refractivity contribution in [3.8, 4) is 11.1 Å². The molecule has 3 aromatic rings. The first kappa shape index (κ1) is 34.5. The second-order valence-corrected chi connectivity index (χ2v) is 13.7. The maximum Gasteiger partial charge on any atom is 0.407 e. The number of hydrogen-bond donors (Lipinski definition) is 3. The summed E-state index contributed by atoms with van der Waals surface area (Å²) < 4.78 is 5.74. The molecule has 6 nitrogen and oxygen atoms in total. The fourth-order valence-electron chi connectivity index (χ4n) is 5.99. The number of fused-ring (bicyclic) bond motifs is 3. The van der Waals surface area contributed by atoms with E-state index in [1.54, 1.807) is 12.2 Å². The Morgan fingerprint density at radius 1 is 0.844 bits per heavy atom. The summed E-state index contributed by atoms with van der Waals surface area (Å²) in [5, 5.41) is 24.9. The molecule has 3 aromatic carbocycles. The second kappa shape index (κ2) is 16.8. The summed E-state index contributed by atoms with van der Waals surface area (Å²) in [6.07, 6.45) is 2.25. The molecule has 4 atom stereocenters. The van der Waals surface area contributed by atoms with Crippen molar-refractivity contribution in [1.82, 2.24) is 5.32 Å². The first-order valence-corrected chi connectivity index (χ1v) is 17.0. The molecule has 3 N–H and O–H groups in total. The summed E-state index contributed by atoms with van der Waals surface area (Å²) >= 11 is 1.23.